The molecule has 3 aromatic rings. The summed E-state index contributed by atoms with van der Waals surface area (Å²) in [6, 6.07) is 7.30. The number of thioether (sulfide) groups is 1. The maximum atomic E-state index is 12.1. The molecular weight excluding hydrogens is 352 g/mol. The van der Waals surface area contributed by atoms with Gasteiger partial charge in [0.15, 0.2) is 10.8 Å². The number of amides is 1. The molecule has 0 saturated carbocycles. The van der Waals surface area contributed by atoms with Gasteiger partial charge in [0.1, 0.15) is 0 Å². The Kier molecular flexibility index (Phi) is 5.67. The first-order valence-electron chi connectivity index (χ1n) is 8.29. The molecule has 0 radical (unpaired) electrons. The van der Waals surface area contributed by atoms with Gasteiger partial charge in [-0.05, 0) is 38.5 Å². The molecule has 3 heterocycles. The average molecular weight is 372 g/mol. The van der Waals surface area contributed by atoms with Gasteiger partial charge in [-0.1, -0.05) is 17.8 Å². The van der Waals surface area contributed by atoms with Crippen LogP contribution < -0.4 is 11.0 Å². The highest BCUT2D eigenvalue weighted by molar-refractivity contribution is 7.99. The summed E-state index contributed by atoms with van der Waals surface area (Å²) in [6.45, 7) is 4.74. The fourth-order valence-electron chi connectivity index (χ4n) is 2.51. The molecule has 0 saturated heterocycles. The SMILES string of the molecule is Cc1cc(C)nc(SCC(=O)NCCCn2nc3ccccn3c2=O)n1. The summed E-state index contributed by atoms with van der Waals surface area (Å²) in [5, 5.41) is 7.70. The van der Waals surface area contributed by atoms with Crippen LogP contribution in [0, 0.1) is 13.8 Å². The molecule has 0 unspecified atom stereocenters. The lowest BCUT2D eigenvalue weighted by molar-refractivity contribution is -0.118. The van der Waals surface area contributed by atoms with E-state index in [-0.39, 0.29) is 17.3 Å². The Morgan fingerprint density at radius 2 is 2.00 bits per heavy atom. The van der Waals surface area contributed by atoms with Crippen molar-refractivity contribution in [3.05, 3.63) is 52.3 Å². The lowest BCUT2D eigenvalue weighted by atomic mass is 10.4. The predicted octanol–water partition coefficient (Wildman–Crippen LogP) is 1.20. The zero-order chi connectivity index (χ0) is 18.5. The molecule has 0 spiro atoms. The summed E-state index contributed by atoms with van der Waals surface area (Å²) in [5.41, 5.74) is 2.22. The van der Waals surface area contributed by atoms with Crippen molar-refractivity contribution in [1.29, 1.82) is 0 Å². The molecule has 0 aromatic carbocycles. The third kappa shape index (κ3) is 4.48. The van der Waals surface area contributed by atoms with Gasteiger partial charge >= 0.3 is 5.69 Å². The van der Waals surface area contributed by atoms with Crippen LogP contribution >= 0.6 is 11.8 Å². The highest BCUT2D eigenvalue weighted by atomic mass is 32.2. The van der Waals surface area contributed by atoms with Crippen LogP contribution in [0.5, 0.6) is 0 Å². The Labute approximate surface area is 154 Å². The zero-order valence-electron chi connectivity index (χ0n) is 14.7. The molecule has 3 aromatic heterocycles. The number of hydrogen-bond acceptors (Lipinski definition) is 6. The van der Waals surface area contributed by atoms with Crippen molar-refractivity contribution in [2.45, 2.75) is 32.0 Å². The second kappa shape index (κ2) is 8.13. The van der Waals surface area contributed by atoms with E-state index in [0.29, 0.717) is 30.3 Å². The minimum absolute atomic E-state index is 0.0832. The first-order chi connectivity index (χ1) is 12.5. The number of hydrogen-bond donors (Lipinski definition) is 1. The Bertz CT molecular complexity index is 961. The summed E-state index contributed by atoms with van der Waals surface area (Å²) in [4.78, 5) is 32.7. The molecule has 136 valence electrons. The van der Waals surface area contributed by atoms with Crippen molar-refractivity contribution in [2.75, 3.05) is 12.3 Å². The molecule has 0 aliphatic heterocycles. The van der Waals surface area contributed by atoms with Crippen LogP contribution in [0.1, 0.15) is 17.8 Å². The van der Waals surface area contributed by atoms with Gasteiger partial charge in [0.05, 0.1) is 5.75 Å². The normalized spacial score (nSPS) is 11.0. The minimum Gasteiger partial charge on any atom is -0.355 e. The number of nitrogens with one attached hydrogen (secondary N) is 1. The summed E-state index contributed by atoms with van der Waals surface area (Å²) in [5.74, 6) is 0.178. The molecule has 3 rings (SSSR count). The van der Waals surface area contributed by atoms with Crippen molar-refractivity contribution in [2.24, 2.45) is 0 Å². The van der Waals surface area contributed by atoms with Gasteiger partial charge in [-0.15, -0.1) is 5.10 Å². The molecule has 0 aliphatic carbocycles. The smallest absolute Gasteiger partial charge is 0.350 e. The van der Waals surface area contributed by atoms with Gasteiger partial charge < -0.3 is 5.32 Å². The van der Waals surface area contributed by atoms with Gasteiger partial charge in [-0.2, -0.15) is 0 Å². The molecule has 0 aliphatic rings. The van der Waals surface area contributed by atoms with E-state index in [2.05, 4.69) is 20.4 Å². The van der Waals surface area contributed by atoms with E-state index in [1.54, 1.807) is 18.3 Å². The second-order valence-corrected chi connectivity index (χ2v) is 6.80. The van der Waals surface area contributed by atoms with E-state index in [1.807, 2.05) is 26.0 Å². The standard InChI is InChI=1S/C17H20N6O2S/c1-12-10-13(2)20-16(19-12)26-11-15(24)18-7-5-9-23-17(25)22-8-4-3-6-14(22)21-23/h3-4,6,8,10H,5,7,9,11H2,1-2H3,(H,18,24). The first-order valence-corrected chi connectivity index (χ1v) is 9.27. The number of carbonyl (C=O) groups is 1. The van der Waals surface area contributed by atoms with Gasteiger partial charge in [0.2, 0.25) is 5.91 Å². The van der Waals surface area contributed by atoms with E-state index >= 15 is 0 Å². The van der Waals surface area contributed by atoms with Crippen LogP contribution in [0.25, 0.3) is 5.65 Å². The summed E-state index contributed by atoms with van der Waals surface area (Å²) >= 11 is 1.31. The fraction of sp³-hybridized carbons (Fsp3) is 0.353. The molecular formula is C17H20N6O2S. The first kappa shape index (κ1) is 18.1. The zero-order valence-corrected chi connectivity index (χ0v) is 15.5. The number of aromatic nitrogens is 5. The Hall–Kier alpha value is -2.68. The Morgan fingerprint density at radius 3 is 2.73 bits per heavy atom. The third-order valence-electron chi connectivity index (χ3n) is 3.65. The number of aryl methyl sites for hydroxylation is 3. The third-order valence-corrected chi connectivity index (χ3v) is 4.50. The van der Waals surface area contributed by atoms with Crippen molar-refractivity contribution in [3.63, 3.8) is 0 Å². The molecule has 0 bridgehead atoms. The quantitative estimate of drug-likeness (QED) is 0.380. The maximum absolute atomic E-state index is 12.1. The van der Waals surface area contributed by atoms with E-state index < -0.39 is 0 Å². The molecule has 1 N–H and O–H groups in total. The highest BCUT2D eigenvalue weighted by Crippen LogP contribution is 2.13. The molecule has 0 fully saturated rings. The van der Waals surface area contributed by atoms with Crippen LogP contribution in [0.15, 0.2) is 40.4 Å². The van der Waals surface area contributed by atoms with Crippen molar-refractivity contribution in [1.82, 2.24) is 29.5 Å². The van der Waals surface area contributed by atoms with Crippen LogP contribution in [0.2, 0.25) is 0 Å². The lowest BCUT2D eigenvalue weighted by Gasteiger charge is -2.05. The number of pyridine rings is 1. The second-order valence-electron chi connectivity index (χ2n) is 5.86. The number of rotatable bonds is 7. The van der Waals surface area contributed by atoms with Crippen molar-refractivity contribution >= 4 is 23.3 Å². The Morgan fingerprint density at radius 1 is 1.23 bits per heavy atom. The molecule has 26 heavy (non-hydrogen) atoms. The number of fused-ring (bicyclic) bond motifs is 1. The fourth-order valence-corrected chi connectivity index (χ4v) is 3.29. The van der Waals surface area contributed by atoms with E-state index in [0.717, 1.165) is 11.4 Å². The van der Waals surface area contributed by atoms with Crippen molar-refractivity contribution < 1.29 is 4.79 Å². The largest absolute Gasteiger partial charge is 0.355 e. The van der Waals surface area contributed by atoms with Gasteiger partial charge in [-0.3, -0.25) is 9.20 Å². The molecule has 0 atom stereocenters. The monoisotopic (exact) mass is 372 g/mol. The minimum atomic E-state index is -0.172. The van der Waals surface area contributed by atoms with E-state index in [1.165, 1.54) is 20.8 Å². The molecule has 1 amide bonds. The maximum Gasteiger partial charge on any atom is 0.350 e. The number of nitrogens with zero attached hydrogens (tertiary/aromatic N) is 5. The molecule has 9 heteroatoms. The van der Waals surface area contributed by atoms with E-state index in [4.69, 9.17) is 0 Å². The molecule has 8 nitrogen and oxygen atoms in total. The van der Waals surface area contributed by atoms with Gasteiger partial charge in [0.25, 0.3) is 0 Å². The highest BCUT2D eigenvalue weighted by Gasteiger charge is 2.07. The van der Waals surface area contributed by atoms with Crippen molar-refractivity contribution in [3.8, 4) is 0 Å². The van der Waals surface area contributed by atoms with E-state index in [9.17, 15) is 9.59 Å². The predicted molar refractivity (Wildman–Crippen MR) is 99.3 cm³/mol. The Balaban J connectivity index is 1.43. The summed E-state index contributed by atoms with van der Waals surface area (Å²) in [6.07, 6.45) is 2.31. The summed E-state index contributed by atoms with van der Waals surface area (Å²) < 4.78 is 2.92. The topological polar surface area (TPSA) is 94.2 Å². The number of carbonyl (C=O) groups excluding carboxylic acids is 1. The average Bonchev–Trinajstić information content (AvgIpc) is 2.92. The van der Waals surface area contributed by atoms with Crippen LogP contribution in [0.4, 0.5) is 0 Å². The van der Waals surface area contributed by atoms with Crippen LogP contribution in [0.3, 0.4) is 0 Å². The lowest BCUT2D eigenvalue weighted by Crippen LogP contribution is -2.28. The van der Waals surface area contributed by atoms with Crippen LogP contribution in [-0.2, 0) is 11.3 Å². The summed E-state index contributed by atoms with van der Waals surface area (Å²) in [7, 11) is 0. The van der Waals surface area contributed by atoms with Gasteiger partial charge in [-0.25, -0.2) is 19.4 Å². The van der Waals surface area contributed by atoms with Crippen LogP contribution in [-0.4, -0.2) is 42.4 Å². The van der Waals surface area contributed by atoms with Gasteiger partial charge in [0, 0.05) is 30.7 Å².